The van der Waals surface area contributed by atoms with Crippen LogP contribution in [0.1, 0.15) is 19.0 Å². The smallest absolute Gasteiger partial charge is 0.282 e. The van der Waals surface area contributed by atoms with Crippen LogP contribution in [0.15, 0.2) is 42.1 Å². The largest absolute Gasteiger partial charge is 0.598 e. The van der Waals surface area contributed by atoms with Crippen molar-refractivity contribution in [2.24, 2.45) is 5.92 Å². The van der Waals surface area contributed by atoms with Crippen LogP contribution < -0.4 is 9.62 Å². The minimum absolute atomic E-state index is 0.168. The molecule has 3 aromatic heterocycles. The number of anilines is 1. The third kappa shape index (κ3) is 4.50. The fraction of sp³-hybridized carbons (Fsp3) is 0.368. The summed E-state index contributed by atoms with van der Waals surface area (Å²) in [5.74, 6) is -0.0197. The van der Waals surface area contributed by atoms with Gasteiger partial charge in [-0.15, -0.1) is 4.72 Å². The molecule has 1 aliphatic heterocycles. The Morgan fingerprint density at radius 3 is 2.84 bits per heavy atom. The summed E-state index contributed by atoms with van der Waals surface area (Å²) < 4.78 is 56.1. The molecule has 0 radical (unpaired) electrons. The fourth-order valence-electron chi connectivity index (χ4n) is 3.47. The van der Waals surface area contributed by atoms with Crippen molar-refractivity contribution < 1.29 is 17.7 Å². The van der Waals surface area contributed by atoms with Crippen LogP contribution in [0.4, 0.5) is 19.0 Å². The van der Waals surface area contributed by atoms with Crippen molar-refractivity contribution in [2.45, 2.75) is 13.3 Å². The molecular weight excluding hydrogens is 431 g/mol. The van der Waals surface area contributed by atoms with Crippen molar-refractivity contribution >= 4 is 22.8 Å². The Labute approximate surface area is 179 Å². The number of alkyl halides is 2. The van der Waals surface area contributed by atoms with Gasteiger partial charge in [0.15, 0.2) is 5.65 Å². The first-order chi connectivity index (χ1) is 14.8. The molecule has 0 fully saturated rings. The molecule has 1 aliphatic rings. The van der Waals surface area contributed by atoms with Crippen LogP contribution in [0.3, 0.4) is 0 Å². The van der Waals surface area contributed by atoms with Crippen LogP contribution in [0.25, 0.3) is 17.0 Å². The Morgan fingerprint density at radius 2 is 2.10 bits per heavy atom. The minimum atomic E-state index is -2.71. The Hall–Kier alpha value is -2.70. The average molecular weight is 451 g/mol. The second kappa shape index (κ2) is 8.81. The number of aromatic nitrogens is 5. The molecule has 0 saturated heterocycles. The summed E-state index contributed by atoms with van der Waals surface area (Å²) >= 11 is -1.26. The van der Waals surface area contributed by atoms with Crippen molar-refractivity contribution in [3.63, 3.8) is 0 Å². The van der Waals surface area contributed by atoms with Gasteiger partial charge in [0.2, 0.25) is 0 Å². The number of rotatable bonds is 6. The predicted octanol–water partition coefficient (Wildman–Crippen LogP) is 2.69. The number of fused-ring (bicyclic) bond motifs is 1. The highest BCUT2D eigenvalue weighted by molar-refractivity contribution is 7.88. The molecule has 12 heteroatoms. The Kier molecular flexibility index (Phi) is 6.12. The molecule has 4 heterocycles. The lowest BCUT2D eigenvalue weighted by Crippen LogP contribution is -2.39. The number of halogens is 3. The van der Waals surface area contributed by atoms with Gasteiger partial charge in [-0.05, 0) is 17.7 Å². The molecule has 31 heavy (non-hydrogen) atoms. The molecule has 2 atom stereocenters. The zero-order chi connectivity index (χ0) is 22.1. The maximum absolute atomic E-state index is 14.6. The maximum atomic E-state index is 14.6. The van der Waals surface area contributed by atoms with Gasteiger partial charge in [-0.1, -0.05) is 6.92 Å². The molecule has 0 saturated carbocycles. The van der Waals surface area contributed by atoms with Gasteiger partial charge in [0.05, 0.1) is 18.4 Å². The van der Waals surface area contributed by atoms with E-state index in [9.17, 15) is 17.7 Å². The zero-order valence-corrected chi connectivity index (χ0v) is 17.6. The fourth-order valence-corrected chi connectivity index (χ4v) is 3.85. The van der Waals surface area contributed by atoms with Gasteiger partial charge in [-0.2, -0.15) is 5.10 Å². The summed E-state index contributed by atoms with van der Waals surface area (Å²) in [6, 6.07) is 4.40. The number of nitrogens with zero attached hydrogens (tertiary/aromatic N) is 6. The molecule has 3 aromatic rings. The lowest BCUT2D eigenvalue weighted by atomic mass is 10.00. The number of nitrogens with one attached hydrogen (secondary N) is 1. The third-order valence-corrected chi connectivity index (χ3v) is 5.53. The normalized spacial score (nSPS) is 18.3. The SMILES string of the molecule is CC1CN(c2cc(-c3cnc4ccc(C(F)F)nn34)ncn2)CC(CN[S+](C)[O-])=C1F. The van der Waals surface area contributed by atoms with E-state index in [2.05, 4.69) is 24.8 Å². The Balaban J connectivity index is 1.65. The summed E-state index contributed by atoms with van der Waals surface area (Å²) in [6.07, 6.45) is 1.65. The average Bonchev–Trinajstić information content (AvgIpc) is 3.18. The van der Waals surface area contributed by atoms with E-state index in [-0.39, 0.29) is 30.5 Å². The topological polar surface area (TPSA) is 94.3 Å². The second-order valence-corrected chi connectivity index (χ2v) is 8.44. The van der Waals surface area contributed by atoms with E-state index in [1.165, 1.54) is 35.4 Å². The molecule has 164 valence electrons. The van der Waals surface area contributed by atoms with Crippen molar-refractivity contribution in [3.05, 3.63) is 47.8 Å². The molecule has 0 amide bonds. The molecule has 8 nitrogen and oxygen atoms in total. The van der Waals surface area contributed by atoms with E-state index in [0.29, 0.717) is 35.0 Å². The molecule has 0 bridgehead atoms. The highest BCUT2D eigenvalue weighted by Crippen LogP contribution is 2.29. The van der Waals surface area contributed by atoms with Gasteiger partial charge >= 0.3 is 0 Å². The second-order valence-electron chi connectivity index (χ2n) is 7.24. The number of imidazole rings is 1. The molecule has 0 spiro atoms. The van der Waals surface area contributed by atoms with Gasteiger partial charge in [0.25, 0.3) is 6.43 Å². The Bertz CT molecular complexity index is 1120. The van der Waals surface area contributed by atoms with E-state index in [0.717, 1.165) is 0 Å². The highest BCUT2D eigenvalue weighted by atomic mass is 32.2. The summed E-state index contributed by atoms with van der Waals surface area (Å²) in [7, 11) is 0. The summed E-state index contributed by atoms with van der Waals surface area (Å²) in [4.78, 5) is 14.7. The minimum Gasteiger partial charge on any atom is -0.598 e. The quantitative estimate of drug-likeness (QED) is 0.576. The number of hydrogen-bond acceptors (Lipinski definition) is 7. The molecule has 0 aliphatic carbocycles. The molecule has 1 N–H and O–H groups in total. The lowest BCUT2D eigenvalue weighted by molar-refractivity contribution is 0.144. The molecule has 0 aromatic carbocycles. The molecule has 2 unspecified atom stereocenters. The van der Waals surface area contributed by atoms with Crippen molar-refractivity contribution in [1.82, 2.24) is 29.3 Å². The van der Waals surface area contributed by atoms with Crippen LogP contribution >= 0.6 is 0 Å². The van der Waals surface area contributed by atoms with Crippen LogP contribution in [0.2, 0.25) is 0 Å². The standard InChI is InChI=1S/C19H20F3N7OS/c1-11-8-28(9-12(18(11)20)6-26-31(2)30)17-5-14(24-10-25-17)15-7-23-16-4-3-13(19(21)22)27-29(15)16/h3-5,7,10-11,19,26H,6,8-9H2,1-2H3. The van der Waals surface area contributed by atoms with Gasteiger partial charge in [-0.3, -0.25) is 0 Å². The van der Waals surface area contributed by atoms with Gasteiger partial charge in [0.1, 0.15) is 35.6 Å². The van der Waals surface area contributed by atoms with Crippen molar-refractivity contribution in [1.29, 1.82) is 0 Å². The van der Waals surface area contributed by atoms with E-state index in [1.54, 1.807) is 13.0 Å². The number of hydrogen-bond donors (Lipinski definition) is 1. The Morgan fingerprint density at radius 1 is 1.29 bits per heavy atom. The molecule has 4 rings (SSSR count). The van der Waals surface area contributed by atoms with E-state index < -0.39 is 17.8 Å². The molecular formula is C19H20F3N7OS. The summed E-state index contributed by atoms with van der Waals surface area (Å²) in [5.41, 5.74) is 1.45. The maximum Gasteiger partial charge on any atom is 0.282 e. The predicted molar refractivity (Wildman–Crippen MR) is 111 cm³/mol. The van der Waals surface area contributed by atoms with Gasteiger partial charge in [-0.25, -0.2) is 32.6 Å². The first-order valence-corrected chi connectivity index (χ1v) is 11.0. The van der Waals surface area contributed by atoms with Crippen molar-refractivity contribution in [3.8, 4) is 11.4 Å². The van der Waals surface area contributed by atoms with E-state index >= 15 is 0 Å². The van der Waals surface area contributed by atoms with Crippen LogP contribution in [-0.4, -0.2) is 55.0 Å². The summed E-state index contributed by atoms with van der Waals surface area (Å²) in [5, 5.41) is 3.96. The van der Waals surface area contributed by atoms with Crippen LogP contribution in [0.5, 0.6) is 0 Å². The first kappa shape index (κ1) is 21.5. The van der Waals surface area contributed by atoms with E-state index in [1.807, 2.05) is 4.90 Å². The van der Waals surface area contributed by atoms with Gasteiger partial charge < -0.3 is 9.45 Å². The van der Waals surface area contributed by atoms with Crippen LogP contribution in [-0.2, 0) is 11.4 Å². The van der Waals surface area contributed by atoms with Crippen LogP contribution in [0, 0.1) is 5.92 Å². The van der Waals surface area contributed by atoms with E-state index in [4.69, 9.17) is 0 Å². The highest BCUT2D eigenvalue weighted by Gasteiger charge is 2.27. The monoisotopic (exact) mass is 451 g/mol. The summed E-state index contributed by atoms with van der Waals surface area (Å²) in [6.45, 7) is 2.62. The first-order valence-electron chi connectivity index (χ1n) is 9.48. The third-order valence-electron chi connectivity index (χ3n) is 4.98. The van der Waals surface area contributed by atoms with Crippen molar-refractivity contribution in [2.75, 3.05) is 30.8 Å². The van der Waals surface area contributed by atoms with Gasteiger partial charge in [0, 0.05) is 36.4 Å². The zero-order valence-electron chi connectivity index (χ0n) is 16.8. The lowest BCUT2D eigenvalue weighted by Gasteiger charge is -2.33.